The molecule has 1 aromatic rings. The molecule has 1 saturated carbocycles. The van der Waals surface area contributed by atoms with Crippen molar-refractivity contribution in [1.82, 2.24) is 15.3 Å². The topological polar surface area (TPSA) is 41.0 Å². The third-order valence-corrected chi connectivity index (χ3v) is 5.16. The highest BCUT2D eigenvalue weighted by Crippen LogP contribution is 2.29. The van der Waals surface area contributed by atoms with E-state index < -0.39 is 0 Å². The van der Waals surface area contributed by atoms with Crippen LogP contribution in [0, 0.1) is 11.8 Å². The van der Waals surface area contributed by atoms with Crippen LogP contribution in [-0.2, 0) is 0 Å². The fraction of sp³-hybridized carbons (Fsp3) is 0.765. The molecule has 4 heteroatoms. The lowest BCUT2D eigenvalue weighted by molar-refractivity contribution is 0.206. The largest absolute Gasteiger partial charge is 0.339 e. The van der Waals surface area contributed by atoms with Crippen LogP contribution in [0.1, 0.15) is 46.0 Å². The summed E-state index contributed by atoms with van der Waals surface area (Å²) in [4.78, 5) is 11.1. The average Bonchev–Trinajstić information content (AvgIpc) is 2.52. The van der Waals surface area contributed by atoms with E-state index in [-0.39, 0.29) is 0 Å². The van der Waals surface area contributed by atoms with E-state index in [4.69, 9.17) is 0 Å². The smallest absolute Gasteiger partial charge is 0.225 e. The van der Waals surface area contributed by atoms with E-state index in [1.54, 1.807) is 0 Å². The van der Waals surface area contributed by atoms with Crippen LogP contribution in [0.5, 0.6) is 0 Å². The van der Waals surface area contributed by atoms with Crippen LogP contribution >= 0.6 is 0 Å². The molecule has 21 heavy (non-hydrogen) atoms. The molecule has 0 spiro atoms. The molecule has 4 unspecified atom stereocenters. The molecule has 0 amide bonds. The second kappa shape index (κ2) is 6.73. The minimum Gasteiger partial charge on any atom is -0.339 e. The Morgan fingerprint density at radius 3 is 2.76 bits per heavy atom. The summed E-state index contributed by atoms with van der Waals surface area (Å²) in [6.07, 6.45) is 10.3. The molecule has 2 heterocycles. The van der Waals surface area contributed by atoms with Crippen molar-refractivity contribution in [1.29, 1.82) is 0 Å². The Morgan fingerprint density at radius 1 is 1.14 bits per heavy atom. The van der Waals surface area contributed by atoms with Crippen LogP contribution in [0.25, 0.3) is 0 Å². The number of hydrogen-bond donors (Lipinski definition) is 1. The Morgan fingerprint density at radius 2 is 1.95 bits per heavy atom. The number of anilines is 1. The molecule has 2 aliphatic rings. The van der Waals surface area contributed by atoms with Crippen molar-refractivity contribution in [3.05, 3.63) is 18.5 Å². The number of rotatable bonds is 3. The number of nitrogens with one attached hydrogen (secondary N) is 1. The molecule has 3 rings (SSSR count). The maximum Gasteiger partial charge on any atom is 0.225 e. The van der Waals surface area contributed by atoms with Gasteiger partial charge < -0.3 is 10.2 Å². The summed E-state index contributed by atoms with van der Waals surface area (Å²) in [6.45, 7) is 6.93. The highest BCUT2D eigenvalue weighted by Gasteiger charge is 2.29. The van der Waals surface area contributed by atoms with Gasteiger partial charge in [-0.3, -0.25) is 0 Å². The second-order valence-electron chi connectivity index (χ2n) is 7.00. The lowest BCUT2D eigenvalue weighted by Gasteiger charge is -2.39. The zero-order chi connectivity index (χ0) is 14.7. The SMILES string of the molecule is CC1CCC(C)C(NC2CCCN(c3ncccn3)C2)C1. The maximum absolute atomic E-state index is 4.40. The molecule has 0 aromatic carbocycles. The van der Waals surface area contributed by atoms with Crippen LogP contribution in [0.3, 0.4) is 0 Å². The van der Waals surface area contributed by atoms with E-state index in [2.05, 4.69) is 34.0 Å². The first-order valence-corrected chi connectivity index (χ1v) is 8.50. The molecule has 4 nitrogen and oxygen atoms in total. The van der Waals surface area contributed by atoms with Gasteiger partial charge in [0.15, 0.2) is 0 Å². The minimum absolute atomic E-state index is 0.584. The predicted octanol–water partition coefficient (Wildman–Crippen LogP) is 2.86. The number of piperidine rings is 1. The Bertz CT molecular complexity index is 436. The Labute approximate surface area is 128 Å². The molecule has 4 atom stereocenters. The van der Waals surface area contributed by atoms with Crippen molar-refractivity contribution >= 4 is 5.95 Å². The normalized spacial score (nSPS) is 33.9. The number of hydrogen-bond acceptors (Lipinski definition) is 4. The van der Waals surface area contributed by atoms with E-state index in [0.717, 1.165) is 30.9 Å². The molecule has 1 saturated heterocycles. The first-order chi connectivity index (χ1) is 10.2. The molecule has 0 bridgehead atoms. The quantitative estimate of drug-likeness (QED) is 0.928. The summed E-state index contributed by atoms with van der Waals surface area (Å²) >= 11 is 0. The summed E-state index contributed by atoms with van der Waals surface area (Å²) in [7, 11) is 0. The summed E-state index contributed by atoms with van der Waals surface area (Å²) in [5.41, 5.74) is 0. The third kappa shape index (κ3) is 3.73. The van der Waals surface area contributed by atoms with Gasteiger partial charge in [0.05, 0.1) is 0 Å². The number of aromatic nitrogens is 2. The Kier molecular flexibility index (Phi) is 4.73. The standard InChI is InChI=1S/C17H28N4/c1-13-6-7-14(2)16(11-13)20-15-5-3-10-21(12-15)17-18-8-4-9-19-17/h4,8-9,13-16,20H,3,5-7,10-12H2,1-2H3. The minimum atomic E-state index is 0.584. The van der Waals surface area contributed by atoms with Gasteiger partial charge in [-0.2, -0.15) is 0 Å². The van der Waals surface area contributed by atoms with Crippen molar-refractivity contribution in [3.63, 3.8) is 0 Å². The van der Waals surface area contributed by atoms with Crippen LogP contribution in [0.2, 0.25) is 0 Å². The average molecular weight is 288 g/mol. The van der Waals surface area contributed by atoms with Gasteiger partial charge in [-0.15, -0.1) is 0 Å². The fourth-order valence-electron chi connectivity index (χ4n) is 3.82. The first kappa shape index (κ1) is 14.8. The van der Waals surface area contributed by atoms with Crippen molar-refractivity contribution in [2.45, 2.75) is 58.0 Å². The highest BCUT2D eigenvalue weighted by molar-refractivity contribution is 5.29. The van der Waals surface area contributed by atoms with Crippen molar-refractivity contribution in [2.24, 2.45) is 11.8 Å². The molecule has 1 aliphatic carbocycles. The molecule has 1 aromatic heterocycles. The van der Waals surface area contributed by atoms with Crippen molar-refractivity contribution in [3.8, 4) is 0 Å². The van der Waals surface area contributed by atoms with Crippen molar-refractivity contribution in [2.75, 3.05) is 18.0 Å². The van der Waals surface area contributed by atoms with Gasteiger partial charge in [0.2, 0.25) is 5.95 Å². The van der Waals surface area contributed by atoms with E-state index in [1.165, 1.54) is 32.1 Å². The molecular formula is C17H28N4. The molecule has 2 fully saturated rings. The predicted molar refractivity (Wildman–Crippen MR) is 86.4 cm³/mol. The third-order valence-electron chi connectivity index (χ3n) is 5.16. The molecular weight excluding hydrogens is 260 g/mol. The molecule has 116 valence electrons. The number of nitrogens with zero attached hydrogens (tertiary/aromatic N) is 3. The van der Waals surface area contributed by atoms with Gasteiger partial charge >= 0.3 is 0 Å². The lowest BCUT2D eigenvalue weighted by atomic mass is 9.79. The second-order valence-corrected chi connectivity index (χ2v) is 7.00. The molecule has 0 radical (unpaired) electrons. The van der Waals surface area contributed by atoms with Gasteiger partial charge in [0.1, 0.15) is 0 Å². The van der Waals surface area contributed by atoms with Crippen LogP contribution < -0.4 is 10.2 Å². The Balaban J connectivity index is 1.58. The van der Waals surface area contributed by atoms with E-state index >= 15 is 0 Å². The molecule has 1 aliphatic heterocycles. The first-order valence-electron chi connectivity index (χ1n) is 8.50. The van der Waals surface area contributed by atoms with Crippen LogP contribution in [0.4, 0.5) is 5.95 Å². The summed E-state index contributed by atoms with van der Waals surface area (Å²) in [5.74, 6) is 2.56. The summed E-state index contributed by atoms with van der Waals surface area (Å²) in [5, 5.41) is 3.94. The zero-order valence-electron chi connectivity index (χ0n) is 13.3. The maximum atomic E-state index is 4.40. The molecule has 1 N–H and O–H groups in total. The zero-order valence-corrected chi connectivity index (χ0v) is 13.3. The van der Waals surface area contributed by atoms with Gasteiger partial charge in [0.25, 0.3) is 0 Å². The summed E-state index contributed by atoms with van der Waals surface area (Å²) in [6, 6.07) is 3.16. The summed E-state index contributed by atoms with van der Waals surface area (Å²) < 4.78 is 0. The lowest BCUT2D eigenvalue weighted by Crippen LogP contribution is -2.52. The van der Waals surface area contributed by atoms with Crippen LogP contribution in [-0.4, -0.2) is 35.1 Å². The van der Waals surface area contributed by atoms with E-state index in [1.807, 2.05) is 18.5 Å². The Hall–Kier alpha value is -1.16. The van der Waals surface area contributed by atoms with Gasteiger partial charge in [-0.05, 0) is 43.6 Å². The fourth-order valence-corrected chi connectivity index (χ4v) is 3.82. The van der Waals surface area contributed by atoms with Gasteiger partial charge in [-0.25, -0.2) is 9.97 Å². The highest BCUT2D eigenvalue weighted by atomic mass is 15.3. The van der Waals surface area contributed by atoms with E-state index in [0.29, 0.717) is 12.1 Å². The van der Waals surface area contributed by atoms with Gasteiger partial charge in [0, 0.05) is 37.6 Å². The van der Waals surface area contributed by atoms with E-state index in [9.17, 15) is 0 Å². The van der Waals surface area contributed by atoms with Crippen molar-refractivity contribution < 1.29 is 0 Å². The monoisotopic (exact) mass is 288 g/mol. The van der Waals surface area contributed by atoms with Gasteiger partial charge in [-0.1, -0.05) is 20.3 Å². The van der Waals surface area contributed by atoms with Crippen LogP contribution in [0.15, 0.2) is 18.5 Å².